The predicted octanol–water partition coefficient (Wildman–Crippen LogP) is 3.27. The Morgan fingerprint density at radius 2 is 2.16 bits per heavy atom. The predicted molar refractivity (Wildman–Crippen MR) is 104 cm³/mol. The number of rotatable bonds is 6. The first kappa shape index (κ1) is 18.5. The summed E-state index contributed by atoms with van der Waals surface area (Å²) < 4.78 is 5.44. The van der Waals surface area contributed by atoms with Gasteiger partial charge < -0.3 is 10.1 Å². The molecule has 3 rings (SSSR count). The molecule has 3 heterocycles. The number of hydrogen-bond acceptors (Lipinski definition) is 6. The number of aromatic nitrogens is 1. The lowest BCUT2D eigenvalue weighted by atomic mass is 10.0. The van der Waals surface area contributed by atoms with Crippen LogP contribution in [0.1, 0.15) is 29.2 Å². The van der Waals surface area contributed by atoms with E-state index in [9.17, 15) is 4.79 Å². The fraction of sp³-hybridized carbons (Fsp3) is 0.556. The first-order valence-electron chi connectivity index (χ1n) is 8.67. The van der Waals surface area contributed by atoms with Crippen LogP contribution in [0.15, 0.2) is 17.5 Å². The molecule has 1 unspecified atom stereocenters. The molecule has 0 radical (unpaired) electrons. The Morgan fingerprint density at radius 1 is 1.40 bits per heavy atom. The van der Waals surface area contributed by atoms with E-state index in [2.05, 4.69) is 29.0 Å². The van der Waals surface area contributed by atoms with Crippen LogP contribution >= 0.6 is 22.7 Å². The number of aryl methyl sites for hydroxylation is 1. The van der Waals surface area contributed by atoms with Gasteiger partial charge in [-0.1, -0.05) is 19.9 Å². The van der Waals surface area contributed by atoms with Crippen LogP contribution in [0.4, 0.5) is 0 Å². The molecule has 0 aliphatic carbocycles. The van der Waals surface area contributed by atoms with Gasteiger partial charge in [0.05, 0.1) is 23.8 Å². The second kappa shape index (κ2) is 8.40. The number of nitrogens with one attached hydrogen (secondary N) is 1. The highest BCUT2D eigenvalue weighted by Crippen LogP contribution is 2.31. The Kier molecular flexibility index (Phi) is 6.22. The molecule has 5 nitrogen and oxygen atoms in total. The minimum Gasteiger partial charge on any atom is -0.379 e. The number of carbonyl (C=O) groups excluding carboxylic acids is 1. The van der Waals surface area contributed by atoms with Crippen molar-refractivity contribution in [3.63, 3.8) is 0 Å². The van der Waals surface area contributed by atoms with E-state index < -0.39 is 0 Å². The Balaban J connectivity index is 1.65. The normalized spacial score (nSPS) is 17.0. The van der Waals surface area contributed by atoms with E-state index >= 15 is 0 Å². The van der Waals surface area contributed by atoms with Crippen molar-refractivity contribution >= 4 is 28.6 Å². The van der Waals surface area contributed by atoms with E-state index in [0.29, 0.717) is 23.4 Å². The van der Waals surface area contributed by atoms with E-state index in [-0.39, 0.29) is 5.91 Å². The van der Waals surface area contributed by atoms with Crippen LogP contribution in [0.2, 0.25) is 0 Å². The number of thiophene rings is 1. The maximum absolute atomic E-state index is 12.7. The number of hydrogen-bond donors (Lipinski definition) is 1. The van der Waals surface area contributed by atoms with Crippen LogP contribution < -0.4 is 5.32 Å². The maximum atomic E-state index is 12.7. The molecular formula is C18H25N3O2S2. The van der Waals surface area contributed by atoms with Gasteiger partial charge in [0.25, 0.3) is 5.91 Å². The summed E-state index contributed by atoms with van der Waals surface area (Å²) in [7, 11) is 0. The summed E-state index contributed by atoms with van der Waals surface area (Å²) >= 11 is 3.12. The monoisotopic (exact) mass is 379 g/mol. The molecule has 1 amide bonds. The van der Waals surface area contributed by atoms with Crippen molar-refractivity contribution in [3.05, 3.63) is 28.1 Å². The van der Waals surface area contributed by atoms with E-state index in [1.165, 1.54) is 11.3 Å². The number of morpholine rings is 1. The van der Waals surface area contributed by atoms with Crippen molar-refractivity contribution in [1.29, 1.82) is 0 Å². The summed E-state index contributed by atoms with van der Waals surface area (Å²) in [6.07, 6.45) is 0. The fourth-order valence-corrected chi connectivity index (χ4v) is 4.87. The highest BCUT2D eigenvalue weighted by molar-refractivity contribution is 7.22. The number of amides is 1. The molecule has 0 bridgehead atoms. The lowest BCUT2D eigenvalue weighted by Crippen LogP contribution is -2.51. The van der Waals surface area contributed by atoms with Crippen molar-refractivity contribution < 1.29 is 9.53 Å². The largest absolute Gasteiger partial charge is 0.379 e. The zero-order valence-electron chi connectivity index (χ0n) is 14.9. The van der Waals surface area contributed by atoms with Crippen LogP contribution in [-0.4, -0.2) is 54.7 Å². The van der Waals surface area contributed by atoms with Gasteiger partial charge in [0.15, 0.2) is 0 Å². The smallest absolute Gasteiger partial charge is 0.263 e. The summed E-state index contributed by atoms with van der Waals surface area (Å²) in [5.74, 6) is 0.458. The zero-order chi connectivity index (χ0) is 17.8. The summed E-state index contributed by atoms with van der Waals surface area (Å²) in [6, 6.07) is 4.38. The molecule has 1 fully saturated rings. The third-order valence-corrected chi connectivity index (χ3v) is 6.69. The standard InChI is InChI=1S/C18H25N3O2S2/c1-12(2)14(21-6-8-23-9-7-21)11-19-17(22)16-13(3)20-18(25-16)15-5-4-10-24-15/h4-5,10,12,14H,6-9,11H2,1-3H3,(H,19,22). The Hall–Kier alpha value is -1.28. The number of carbonyl (C=O) groups is 1. The minimum atomic E-state index is -0.0169. The van der Waals surface area contributed by atoms with Gasteiger partial charge in [-0.05, 0) is 24.3 Å². The second-order valence-electron chi connectivity index (χ2n) is 6.58. The maximum Gasteiger partial charge on any atom is 0.263 e. The molecule has 0 saturated carbocycles. The lowest BCUT2D eigenvalue weighted by Gasteiger charge is -2.36. The van der Waals surface area contributed by atoms with Crippen molar-refractivity contribution in [3.8, 4) is 9.88 Å². The SMILES string of the molecule is Cc1nc(-c2cccs2)sc1C(=O)NCC(C(C)C)N1CCOCC1. The average molecular weight is 380 g/mol. The molecule has 1 saturated heterocycles. The van der Waals surface area contributed by atoms with Gasteiger partial charge in [0.1, 0.15) is 9.88 Å². The fourth-order valence-electron chi connectivity index (χ4n) is 3.09. The van der Waals surface area contributed by atoms with Crippen molar-refractivity contribution in [2.24, 2.45) is 5.92 Å². The molecular weight excluding hydrogens is 354 g/mol. The molecule has 1 aliphatic rings. The second-order valence-corrected chi connectivity index (χ2v) is 8.53. The number of thiazole rings is 1. The molecule has 1 aliphatic heterocycles. The van der Waals surface area contributed by atoms with Crippen LogP contribution in [0.5, 0.6) is 0 Å². The summed E-state index contributed by atoms with van der Waals surface area (Å²) in [5, 5.41) is 6.08. The quantitative estimate of drug-likeness (QED) is 0.837. The van der Waals surface area contributed by atoms with Gasteiger partial charge in [0, 0.05) is 25.7 Å². The van der Waals surface area contributed by atoms with E-state index in [0.717, 1.165) is 41.9 Å². The Labute approximate surface area is 157 Å². The Bertz CT molecular complexity index is 691. The third kappa shape index (κ3) is 4.47. The zero-order valence-corrected chi connectivity index (χ0v) is 16.6. The van der Waals surface area contributed by atoms with Crippen LogP contribution in [0, 0.1) is 12.8 Å². The van der Waals surface area contributed by atoms with Crippen molar-refractivity contribution in [2.45, 2.75) is 26.8 Å². The molecule has 1 atom stereocenters. The van der Waals surface area contributed by atoms with E-state index in [1.807, 2.05) is 24.4 Å². The van der Waals surface area contributed by atoms with Gasteiger partial charge in [-0.15, -0.1) is 22.7 Å². The van der Waals surface area contributed by atoms with Gasteiger partial charge in [-0.2, -0.15) is 0 Å². The van der Waals surface area contributed by atoms with E-state index in [1.54, 1.807) is 11.3 Å². The van der Waals surface area contributed by atoms with Crippen molar-refractivity contribution in [1.82, 2.24) is 15.2 Å². The summed E-state index contributed by atoms with van der Waals surface area (Å²) in [4.78, 5) is 21.5. The van der Waals surface area contributed by atoms with Crippen LogP contribution in [0.3, 0.4) is 0 Å². The number of ether oxygens (including phenoxy) is 1. The Morgan fingerprint density at radius 3 is 2.80 bits per heavy atom. The van der Waals surface area contributed by atoms with Crippen LogP contribution in [-0.2, 0) is 4.74 Å². The van der Waals surface area contributed by atoms with Crippen LogP contribution in [0.25, 0.3) is 9.88 Å². The first-order chi connectivity index (χ1) is 12.1. The molecule has 136 valence electrons. The van der Waals surface area contributed by atoms with Gasteiger partial charge in [-0.3, -0.25) is 9.69 Å². The molecule has 1 N–H and O–H groups in total. The molecule has 0 aromatic carbocycles. The topological polar surface area (TPSA) is 54.5 Å². The number of nitrogens with zero attached hydrogens (tertiary/aromatic N) is 2. The van der Waals surface area contributed by atoms with E-state index in [4.69, 9.17) is 4.74 Å². The first-order valence-corrected chi connectivity index (χ1v) is 10.4. The molecule has 0 spiro atoms. The molecule has 2 aromatic heterocycles. The molecule has 2 aromatic rings. The molecule has 7 heteroatoms. The molecule has 25 heavy (non-hydrogen) atoms. The minimum absolute atomic E-state index is 0.0169. The third-order valence-electron chi connectivity index (χ3n) is 4.49. The van der Waals surface area contributed by atoms with Gasteiger partial charge in [-0.25, -0.2) is 4.98 Å². The summed E-state index contributed by atoms with van der Waals surface area (Å²) in [6.45, 7) is 10.4. The highest BCUT2D eigenvalue weighted by atomic mass is 32.1. The highest BCUT2D eigenvalue weighted by Gasteiger charge is 2.25. The average Bonchev–Trinajstić information content (AvgIpc) is 3.25. The van der Waals surface area contributed by atoms with Crippen molar-refractivity contribution in [2.75, 3.05) is 32.8 Å². The summed E-state index contributed by atoms with van der Waals surface area (Å²) in [5.41, 5.74) is 0.804. The lowest BCUT2D eigenvalue weighted by molar-refractivity contribution is 0.00673. The van der Waals surface area contributed by atoms with Gasteiger partial charge in [0.2, 0.25) is 0 Å². The van der Waals surface area contributed by atoms with Gasteiger partial charge >= 0.3 is 0 Å².